The molecule has 3 rings (SSSR count). The van der Waals surface area contributed by atoms with Crippen molar-refractivity contribution in [1.29, 1.82) is 0 Å². The number of rotatable bonds is 4. The molecule has 110 valence electrons. The standard InChI is InChI=1S/C15H24N4O/c1-3-13-11(10-19(2)18-13)9-17-14(20)12-8-15(12)4-6-16-7-5-15/h10,12,16H,3-9H2,1-2H3,(H,17,20). The van der Waals surface area contributed by atoms with E-state index in [2.05, 4.69) is 22.7 Å². The third kappa shape index (κ3) is 2.46. The SMILES string of the molecule is CCc1nn(C)cc1CNC(=O)C1CC12CCNCC2. The lowest BCUT2D eigenvalue weighted by atomic mass is 9.92. The van der Waals surface area contributed by atoms with Gasteiger partial charge in [-0.2, -0.15) is 5.10 Å². The van der Waals surface area contributed by atoms with Crippen LogP contribution in [-0.4, -0.2) is 28.8 Å². The number of hydrogen-bond donors (Lipinski definition) is 2. The second kappa shape index (κ2) is 5.20. The van der Waals surface area contributed by atoms with Gasteiger partial charge in [0.25, 0.3) is 0 Å². The molecule has 1 spiro atoms. The van der Waals surface area contributed by atoms with Crippen molar-refractivity contribution in [3.8, 4) is 0 Å². The molecule has 1 amide bonds. The van der Waals surface area contributed by atoms with Gasteiger partial charge in [0.2, 0.25) is 5.91 Å². The first-order valence-electron chi connectivity index (χ1n) is 7.64. The summed E-state index contributed by atoms with van der Waals surface area (Å²) in [4.78, 5) is 12.3. The minimum absolute atomic E-state index is 0.234. The Morgan fingerprint density at radius 3 is 3.00 bits per heavy atom. The van der Waals surface area contributed by atoms with Gasteiger partial charge < -0.3 is 10.6 Å². The van der Waals surface area contributed by atoms with Gasteiger partial charge in [0.1, 0.15) is 0 Å². The van der Waals surface area contributed by atoms with E-state index >= 15 is 0 Å². The van der Waals surface area contributed by atoms with Crippen molar-refractivity contribution in [3.05, 3.63) is 17.5 Å². The van der Waals surface area contributed by atoms with E-state index in [1.54, 1.807) is 0 Å². The van der Waals surface area contributed by atoms with Gasteiger partial charge in [-0.15, -0.1) is 0 Å². The zero-order chi connectivity index (χ0) is 14.2. The predicted molar refractivity (Wildman–Crippen MR) is 77.1 cm³/mol. The zero-order valence-corrected chi connectivity index (χ0v) is 12.4. The highest BCUT2D eigenvalue weighted by Crippen LogP contribution is 2.58. The molecule has 2 N–H and O–H groups in total. The Labute approximate surface area is 120 Å². The van der Waals surface area contributed by atoms with Crippen LogP contribution >= 0.6 is 0 Å². The van der Waals surface area contributed by atoms with E-state index in [1.807, 2.05) is 17.9 Å². The maximum atomic E-state index is 12.3. The highest BCUT2D eigenvalue weighted by atomic mass is 16.2. The molecule has 0 bridgehead atoms. The first-order chi connectivity index (χ1) is 9.64. The third-order valence-electron chi connectivity index (χ3n) is 4.89. The van der Waals surface area contributed by atoms with Crippen LogP contribution in [0.5, 0.6) is 0 Å². The Morgan fingerprint density at radius 2 is 2.30 bits per heavy atom. The summed E-state index contributed by atoms with van der Waals surface area (Å²) in [6, 6.07) is 0. The molecular formula is C15H24N4O. The van der Waals surface area contributed by atoms with E-state index < -0.39 is 0 Å². The monoisotopic (exact) mass is 276 g/mol. The first-order valence-corrected chi connectivity index (χ1v) is 7.64. The number of carbonyl (C=O) groups excluding carboxylic acids is 1. The number of aromatic nitrogens is 2. The summed E-state index contributed by atoms with van der Waals surface area (Å²) in [5.74, 6) is 0.476. The summed E-state index contributed by atoms with van der Waals surface area (Å²) in [6.07, 6.45) is 6.29. The van der Waals surface area contributed by atoms with Gasteiger partial charge in [0, 0.05) is 31.3 Å². The van der Waals surface area contributed by atoms with Gasteiger partial charge in [0.15, 0.2) is 0 Å². The minimum Gasteiger partial charge on any atom is -0.352 e. The van der Waals surface area contributed by atoms with E-state index in [9.17, 15) is 4.79 Å². The van der Waals surface area contributed by atoms with Gasteiger partial charge in [-0.05, 0) is 44.2 Å². The van der Waals surface area contributed by atoms with E-state index in [4.69, 9.17) is 0 Å². The van der Waals surface area contributed by atoms with Gasteiger partial charge in [-0.1, -0.05) is 6.92 Å². The second-order valence-corrected chi connectivity index (χ2v) is 6.22. The molecule has 2 heterocycles. The normalized spacial score (nSPS) is 23.8. The van der Waals surface area contributed by atoms with Crippen molar-refractivity contribution in [2.75, 3.05) is 13.1 Å². The lowest BCUT2D eigenvalue weighted by Gasteiger charge is -2.23. The average molecular weight is 276 g/mol. The molecule has 2 aliphatic rings. The molecule has 1 saturated carbocycles. The Morgan fingerprint density at radius 1 is 1.55 bits per heavy atom. The van der Waals surface area contributed by atoms with Gasteiger partial charge >= 0.3 is 0 Å². The van der Waals surface area contributed by atoms with Crippen molar-refractivity contribution in [2.45, 2.75) is 39.2 Å². The topological polar surface area (TPSA) is 59.0 Å². The number of nitrogens with zero attached hydrogens (tertiary/aromatic N) is 2. The maximum Gasteiger partial charge on any atom is 0.223 e. The number of piperidine rings is 1. The molecule has 2 fully saturated rings. The van der Waals surface area contributed by atoms with Crippen LogP contribution < -0.4 is 10.6 Å². The van der Waals surface area contributed by atoms with Crippen LogP contribution in [0.3, 0.4) is 0 Å². The van der Waals surface area contributed by atoms with Crippen LogP contribution in [0, 0.1) is 11.3 Å². The van der Waals surface area contributed by atoms with E-state index in [0.29, 0.717) is 12.0 Å². The van der Waals surface area contributed by atoms with E-state index in [1.165, 1.54) is 0 Å². The van der Waals surface area contributed by atoms with Crippen molar-refractivity contribution in [3.63, 3.8) is 0 Å². The van der Waals surface area contributed by atoms with Crippen LogP contribution in [-0.2, 0) is 24.8 Å². The molecule has 1 aromatic heterocycles. The maximum absolute atomic E-state index is 12.3. The Hall–Kier alpha value is -1.36. The Kier molecular flexibility index (Phi) is 3.54. The summed E-state index contributed by atoms with van der Waals surface area (Å²) < 4.78 is 1.83. The Bertz CT molecular complexity index is 502. The van der Waals surface area contributed by atoms with Crippen molar-refractivity contribution >= 4 is 5.91 Å². The van der Waals surface area contributed by atoms with E-state index in [-0.39, 0.29) is 11.8 Å². The molecule has 1 saturated heterocycles. The molecule has 1 aliphatic carbocycles. The fourth-order valence-corrected chi connectivity index (χ4v) is 3.53. The highest BCUT2D eigenvalue weighted by Gasteiger charge is 2.57. The lowest BCUT2D eigenvalue weighted by molar-refractivity contribution is -0.123. The molecular weight excluding hydrogens is 252 g/mol. The lowest BCUT2D eigenvalue weighted by Crippen LogP contribution is -2.33. The summed E-state index contributed by atoms with van der Waals surface area (Å²) in [5, 5.41) is 10.9. The summed E-state index contributed by atoms with van der Waals surface area (Å²) in [5.41, 5.74) is 2.54. The van der Waals surface area contributed by atoms with Crippen molar-refractivity contribution in [2.24, 2.45) is 18.4 Å². The quantitative estimate of drug-likeness (QED) is 0.862. The molecule has 0 aromatic carbocycles. The molecule has 1 unspecified atom stereocenters. The fourth-order valence-electron chi connectivity index (χ4n) is 3.53. The fraction of sp³-hybridized carbons (Fsp3) is 0.733. The molecule has 5 nitrogen and oxygen atoms in total. The van der Waals surface area contributed by atoms with Gasteiger partial charge in [0.05, 0.1) is 5.69 Å². The summed E-state index contributed by atoms with van der Waals surface area (Å²) in [6.45, 7) is 4.83. The number of nitrogens with one attached hydrogen (secondary N) is 2. The smallest absolute Gasteiger partial charge is 0.223 e. The molecule has 1 atom stereocenters. The number of amides is 1. The van der Waals surface area contributed by atoms with Crippen LogP contribution in [0.25, 0.3) is 0 Å². The molecule has 1 aliphatic heterocycles. The zero-order valence-electron chi connectivity index (χ0n) is 12.4. The van der Waals surface area contributed by atoms with Crippen molar-refractivity contribution in [1.82, 2.24) is 20.4 Å². The van der Waals surface area contributed by atoms with E-state index in [0.717, 1.165) is 50.0 Å². The highest BCUT2D eigenvalue weighted by molar-refractivity contribution is 5.82. The molecule has 20 heavy (non-hydrogen) atoms. The molecule has 5 heteroatoms. The number of carbonyl (C=O) groups is 1. The summed E-state index contributed by atoms with van der Waals surface area (Å²) in [7, 11) is 1.93. The number of hydrogen-bond acceptors (Lipinski definition) is 3. The number of aryl methyl sites for hydroxylation is 2. The predicted octanol–water partition coefficient (Wildman–Crippen LogP) is 0.988. The van der Waals surface area contributed by atoms with Crippen LogP contribution in [0.2, 0.25) is 0 Å². The molecule has 1 aromatic rings. The first kappa shape index (κ1) is 13.6. The Balaban J connectivity index is 1.55. The summed E-state index contributed by atoms with van der Waals surface area (Å²) >= 11 is 0. The van der Waals surface area contributed by atoms with Crippen LogP contribution in [0.4, 0.5) is 0 Å². The average Bonchev–Trinajstić information content (AvgIpc) is 3.01. The van der Waals surface area contributed by atoms with Crippen LogP contribution in [0.15, 0.2) is 6.20 Å². The minimum atomic E-state index is 0.234. The third-order valence-corrected chi connectivity index (χ3v) is 4.89. The largest absolute Gasteiger partial charge is 0.352 e. The molecule has 0 radical (unpaired) electrons. The second-order valence-electron chi connectivity index (χ2n) is 6.22. The van der Waals surface area contributed by atoms with Crippen LogP contribution in [0.1, 0.15) is 37.4 Å². The van der Waals surface area contributed by atoms with Gasteiger partial charge in [-0.3, -0.25) is 9.48 Å². The van der Waals surface area contributed by atoms with Gasteiger partial charge in [-0.25, -0.2) is 0 Å². The van der Waals surface area contributed by atoms with Crippen molar-refractivity contribution < 1.29 is 4.79 Å².